The summed E-state index contributed by atoms with van der Waals surface area (Å²) in [6.07, 6.45) is 0.0359. The highest BCUT2D eigenvalue weighted by atomic mass is 16.5. The zero-order valence-corrected chi connectivity index (χ0v) is 14.7. The molecular formula is C18H25N3O3. The van der Waals surface area contributed by atoms with Crippen molar-refractivity contribution in [2.75, 3.05) is 33.9 Å². The molecule has 1 aromatic heterocycles. The largest absolute Gasteiger partial charge is 0.497 e. The van der Waals surface area contributed by atoms with Gasteiger partial charge in [0.25, 0.3) is 5.91 Å². The van der Waals surface area contributed by atoms with E-state index in [4.69, 9.17) is 9.47 Å². The van der Waals surface area contributed by atoms with Gasteiger partial charge < -0.3 is 24.7 Å². The summed E-state index contributed by atoms with van der Waals surface area (Å²) < 4.78 is 11.0. The monoisotopic (exact) mass is 331 g/mol. The van der Waals surface area contributed by atoms with Gasteiger partial charge in [0.15, 0.2) is 0 Å². The number of likely N-dealkylation sites (N-methyl/N-ethyl adjacent to an activating group) is 1. The van der Waals surface area contributed by atoms with Gasteiger partial charge in [-0.15, -0.1) is 0 Å². The first-order chi connectivity index (χ1) is 11.5. The summed E-state index contributed by atoms with van der Waals surface area (Å²) in [6, 6.07) is 5.77. The van der Waals surface area contributed by atoms with Crippen molar-refractivity contribution >= 4 is 16.8 Å². The second-order valence-corrected chi connectivity index (χ2v) is 6.33. The van der Waals surface area contributed by atoms with Crippen LogP contribution < -0.4 is 10.1 Å². The molecule has 1 aliphatic rings. The number of nitrogens with one attached hydrogen (secondary N) is 2. The lowest BCUT2D eigenvalue weighted by Gasteiger charge is -2.19. The highest BCUT2D eigenvalue weighted by Gasteiger charge is 2.33. The maximum absolute atomic E-state index is 12.8. The zero-order valence-electron chi connectivity index (χ0n) is 14.7. The Morgan fingerprint density at radius 1 is 1.42 bits per heavy atom. The molecule has 1 saturated heterocycles. The van der Waals surface area contributed by atoms with Gasteiger partial charge in [0.2, 0.25) is 0 Å². The van der Waals surface area contributed by atoms with Crippen LogP contribution in [0.25, 0.3) is 10.9 Å². The van der Waals surface area contributed by atoms with Gasteiger partial charge in [-0.25, -0.2) is 0 Å². The van der Waals surface area contributed by atoms with Crippen LogP contribution in [0.2, 0.25) is 0 Å². The van der Waals surface area contributed by atoms with Crippen LogP contribution in [0.15, 0.2) is 18.2 Å². The van der Waals surface area contributed by atoms with Crippen LogP contribution in [0, 0.1) is 6.92 Å². The number of hydrogen-bond acceptors (Lipinski definition) is 4. The molecule has 0 bridgehead atoms. The van der Waals surface area contributed by atoms with Gasteiger partial charge >= 0.3 is 0 Å². The first-order valence-electron chi connectivity index (χ1n) is 8.30. The summed E-state index contributed by atoms with van der Waals surface area (Å²) in [5.41, 5.74) is 2.46. The lowest BCUT2D eigenvalue weighted by Crippen LogP contribution is -2.44. The van der Waals surface area contributed by atoms with Crippen LogP contribution in [0.1, 0.15) is 23.0 Å². The molecule has 6 nitrogen and oxygen atoms in total. The molecule has 0 radical (unpaired) electrons. The molecule has 1 aromatic carbocycles. The van der Waals surface area contributed by atoms with Gasteiger partial charge in [0.1, 0.15) is 11.4 Å². The molecule has 24 heavy (non-hydrogen) atoms. The zero-order chi connectivity index (χ0) is 17.3. The molecular weight excluding hydrogens is 306 g/mol. The number of methoxy groups -OCH3 is 1. The number of aromatic nitrogens is 1. The van der Waals surface area contributed by atoms with Gasteiger partial charge in [0.05, 0.1) is 19.3 Å². The Balaban J connectivity index is 1.82. The maximum Gasteiger partial charge on any atom is 0.268 e. The van der Waals surface area contributed by atoms with E-state index in [0.717, 1.165) is 35.3 Å². The predicted octanol–water partition coefficient (Wildman–Crippen LogP) is 1.93. The quantitative estimate of drug-likeness (QED) is 0.879. The topological polar surface area (TPSA) is 66.6 Å². The van der Waals surface area contributed by atoms with E-state index in [1.165, 1.54) is 0 Å². The van der Waals surface area contributed by atoms with Gasteiger partial charge in [-0.05, 0) is 44.7 Å². The number of ether oxygens (including phenoxy) is 2. The van der Waals surface area contributed by atoms with Crippen molar-refractivity contribution in [3.63, 3.8) is 0 Å². The van der Waals surface area contributed by atoms with E-state index in [1.54, 1.807) is 7.11 Å². The van der Waals surface area contributed by atoms with E-state index >= 15 is 0 Å². The van der Waals surface area contributed by atoms with Crippen LogP contribution in [0.3, 0.4) is 0 Å². The normalized spacial score (nSPS) is 21.3. The van der Waals surface area contributed by atoms with E-state index in [2.05, 4.69) is 15.2 Å². The number of fused-ring (bicyclic) bond motifs is 1. The molecule has 2 N–H and O–H groups in total. The van der Waals surface area contributed by atoms with Crippen LogP contribution in [-0.4, -0.2) is 61.8 Å². The Bertz CT molecular complexity index is 740. The lowest BCUT2D eigenvalue weighted by molar-refractivity contribution is 0.0512. The fourth-order valence-corrected chi connectivity index (χ4v) is 3.38. The number of nitrogens with zero attached hydrogens (tertiary/aromatic N) is 1. The van der Waals surface area contributed by atoms with Gasteiger partial charge in [-0.3, -0.25) is 4.79 Å². The van der Waals surface area contributed by atoms with Crippen molar-refractivity contribution in [2.45, 2.75) is 26.0 Å². The molecule has 1 amide bonds. The van der Waals surface area contributed by atoms with Crippen molar-refractivity contribution in [1.82, 2.24) is 15.2 Å². The first kappa shape index (κ1) is 16.8. The summed E-state index contributed by atoms with van der Waals surface area (Å²) in [5, 5.41) is 4.13. The Kier molecular flexibility index (Phi) is 4.78. The number of aromatic amines is 1. The van der Waals surface area contributed by atoms with E-state index < -0.39 is 0 Å². The maximum atomic E-state index is 12.8. The number of carbonyl (C=O) groups excluding carboxylic acids is 1. The van der Waals surface area contributed by atoms with Gasteiger partial charge in [0, 0.05) is 30.6 Å². The molecule has 2 aromatic rings. The standard InChI is InChI=1S/C18H25N3O3/c1-5-24-16-10-21(3)9-15(16)20-18(22)17-11(2)13-8-12(23-4)6-7-14(13)19-17/h6-8,15-16,19H,5,9-10H2,1-4H3,(H,20,22)/t15-,16-/m0/s1. The number of likely N-dealkylation sites (tertiary alicyclic amines) is 1. The molecule has 2 heterocycles. The number of aryl methyl sites for hydroxylation is 1. The Morgan fingerprint density at radius 3 is 2.92 bits per heavy atom. The SMILES string of the molecule is CCO[C@H]1CN(C)C[C@@H]1NC(=O)c1[nH]c2ccc(OC)cc2c1C. The number of amides is 1. The number of H-pyrrole nitrogens is 1. The highest BCUT2D eigenvalue weighted by Crippen LogP contribution is 2.26. The minimum absolute atomic E-state index is 0.00259. The van der Waals surface area contributed by atoms with Gasteiger partial charge in [-0.2, -0.15) is 0 Å². The molecule has 1 fully saturated rings. The van der Waals surface area contributed by atoms with Crippen LogP contribution >= 0.6 is 0 Å². The highest BCUT2D eigenvalue weighted by molar-refractivity contribution is 6.01. The summed E-state index contributed by atoms with van der Waals surface area (Å²) in [7, 11) is 3.68. The third-order valence-corrected chi connectivity index (χ3v) is 4.64. The van der Waals surface area contributed by atoms with E-state index in [9.17, 15) is 4.79 Å². The number of benzene rings is 1. The molecule has 3 rings (SSSR count). The fraction of sp³-hybridized carbons (Fsp3) is 0.500. The van der Waals surface area contributed by atoms with Crippen molar-refractivity contribution in [3.8, 4) is 5.75 Å². The average molecular weight is 331 g/mol. The summed E-state index contributed by atoms with van der Waals surface area (Å²) in [6.45, 7) is 6.21. The van der Waals surface area contributed by atoms with E-state index in [1.807, 2.05) is 39.1 Å². The molecule has 0 spiro atoms. The Morgan fingerprint density at radius 2 is 2.21 bits per heavy atom. The van der Waals surface area contributed by atoms with E-state index in [0.29, 0.717) is 12.3 Å². The molecule has 1 aliphatic heterocycles. The van der Waals surface area contributed by atoms with Crippen molar-refractivity contribution in [3.05, 3.63) is 29.5 Å². The Labute approximate surface area is 142 Å². The summed E-state index contributed by atoms with van der Waals surface area (Å²) >= 11 is 0. The smallest absolute Gasteiger partial charge is 0.268 e. The van der Waals surface area contributed by atoms with Gasteiger partial charge in [-0.1, -0.05) is 0 Å². The Hall–Kier alpha value is -2.05. The van der Waals surface area contributed by atoms with Crippen molar-refractivity contribution < 1.29 is 14.3 Å². The second-order valence-electron chi connectivity index (χ2n) is 6.33. The lowest BCUT2D eigenvalue weighted by atomic mass is 10.1. The summed E-state index contributed by atoms with van der Waals surface area (Å²) in [4.78, 5) is 18.2. The second kappa shape index (κ2) is 6.83. The van der Waals surface area contributed by atoms with Crippen LogP contribution in [0.4, 0.5) is 0 Å². The molecule has 0 aliphatic carbocycles. The number of hydrogen-bond donors (Lipinski definition) is 2. The fourth-order valence-electron chi connectivity index (χ4n) is 3.38. The summed E-state index contributed by atoms with van der Waals surface area (Å²) in [5.74, 6) is 0.693. The number of carbonyl (C=O) groups is 1. The predicted molar refractivity (Wildman–Crippen MR) is 93.8 cm³/mol. The minimum atomic E-state index is -0.0901. The molecule has 6 heteroatoms. The van der Waals surface area contributed by atoms with Crippen LogP contribution in [0.5, 0.6) is 5.75 Å². The average Bonchev–Trinajstić information content (AvgIpc) is 3.07. The van der Waals surface area contributed by atoms with Crippen molar-refractivity contribution in [1.29, 1.82) is 0 Å². The minimum Gasteiger partial charge on any atom is -0.497 e. The van der Waals surface area contributed by atoms with Crippen molar-refractivity contribution in [2.24, 2.45) is 0 Å². The molecule has 0 saturated carbocycles. The molecule has 0 unspecified atom stereocenters. The third-order valence-electron chi connectivity index (χ3n) is 4.64. The third kappa shape index (κ3) is 3.12. The first-order valence-corrected chi connectivity index (χ1v) is 8.30. The molecule has 130 valence electrons. The van der Waals surface area contributed by atoms with E-state index in [-0.39, 0.29) is 18.1 Å². The number of rotatable bonds is 5. The molecule has 2 atom stereocenters. The van der Waals surface area contributed by atoms with Crippen LogP contribution in [-0.2, 0) is 4.74 Å².